The Morgan fingerprint density at radius 2 is 1.64 bits per heavy atom. The molecule has 0 bridgehead atoms. The number of carbonyl (C=O) groups excluding carboxylic acids is 2. The van der Waals surface area contributed by atoms with Crippen LogP contribution in [0.15, 0.2) is 48.5 Å². The Kier molecular flexibility index (Phi) is 5.30. The van der Waals surface area contributed by atoms with E-state index in [4.69, 9.17) is 4.74 Å². The van der Waals surface area contributed by atoms with E-state index in [9.17, 15) is 9.59 Å². The second-order valence-electron chi connectivity index (χ2n) is 5.88. The van der Waals surface area contributed by atoms with Crippen molar-refractivity contribution in [1.29, 1.82) is 0 Å². The number of morpholine rings is 1. The van der Waals surface area contributed by atoms with E-state index in [0.717, 1.165) is 11.3 Å². The van der Waals surface area contributed by atoms with Gasteiger partial charge in [0, 0.05) is 30.0 Å². The van der Waals surface area contributed by atoms with Crippen LogP contribution in [0, 0.1) is 6.92 Å². The molecule has 1 aliphatic heterocycles. The first-order chi connectivity index (χ1) is 12.1. The van der Waals surface area contributed by atoms with E-state index < -0.39 is 0 Å². The molecule has 6 heteroatoms. The Bertz CT molecular complexity index is 753. The van der Waals surface area contributed by atoms with Gasteiger partial charge >= 0.3 is 6.03 Å². The Balaban J connectivity index is 1.60. The molecule has 0 aromatic heterocycles. The maximum Gasteiger partial charge on any atom is 0.321 e. The van der Waals surface area contributed by atoms with E-state index in [0.29, 0.717) is 37.6 Å². The highest BCUT2D eigenvalue weighted by atomic mass is 16.5. The lowest BCUT2D eigenvalue weighted by molar-refractivity contribution is 0.0564. The quantitative estimate of drug-likeness (QED) is 0.903. The molecule has 1 saturated heterocycles. The van der Waals surface area contributed by atoms with Gasteiger partial charge < -0.3 is 20.3 Å². The number of carbonyl (C=O) groups is 2. The number of nitrogens with one attached hydrogen (secondary N) is 2. The largest absolute Gasteiger partial charge is 0.378 e. The lowest BCUT2D eigenvalue weighted by Gasteiger charge is -2.26. The summed E-state index contributed by atoms with van der Waals surface area (Å²) < 4.78 is 5.23. The molecule has 1 fully saturated rings. The van der Waals surface area contributed by atoms with Gasteiger partial charge in [-0.15, -0.1) is 0 Å². The van der Waals surface area contributed by atoms with Crippen LogP contribution in [0.4, 0.5) is 16.2 Å². The number of ether oxygens (including phenoxy) is 1. The number of nitrogens with zero attached hydrogens (tertiary/aromatic N) is 1. The number of rotatable bonds is 3. The van der Waals surface area contributed by atoms with Crippen LogP contribution in [0.25, 0.3) is 0 Å². The van der Waals surface area contributed by atoms with Crippen LogP contribution in [-0.4, -0.2) is 43.1 Å². The Labute approximate surface area is 146 Å². The Morgan fingerprint density at radius 3 is 2.32 bits per heavy atom. The molecule has 1 heterocycles. The predicted octanol–water partition coefficient (Wildman–Crippen LogP) is 3.11. The standard InChI is InChI=1S/C19H21N3O3/c1-14-4-2-3-5-17(14)21-18(23)15-6-8-16(9-7-15)20-19(24)22-10-12-25-13-11-22/h2-9H,10-13H2,1H3,(H,20,24)(H,21,23). The van der Waals surface area contributed by atoms with Crippen LogP contribution in [0.3, 0.4) is 0 Å². The highest BCUT2D eigenvalue weighted by molar-refractivity contribution is 6.05. The molecule has 0 saturated carbocycles. The summed E-state index contributed by atoms with van der Waals surface area (Å²) in [6, 6.07) is 14.3. The summed E-state index contributed by atoms with van der Waals surface area (Å²) in [6.07, 6.45) is 0. The van der Waals surface area contributed by atoms with Crippen molar-refractivity contribution in [2.24, 2.45) is 0 Å². The van der Waals surface area contributed by atoms with Gasteiger partial charge in [-0.3, -0.25) is 4.79 Å². The summed E-state index contributed by atoms with van der Waals surface area (Å²) in [7, 11) is 0. The van der Waals surface area contributed by atoms with Crippen molar-refractivity contribution in [2.75, 3.05) is 36.9 Å². The summed E-state index contributed by atoms with van der Waals surface area (Å²) in [5.74, 6) is -0.180. The third-order valence-corrected chi connectivity index (χ3v) is 4.09. The molecule has 0 unspecified atom stereocenters. The minimum atomic E-state index is -0.180. The average molecular weight is 339 g/mol. The molecule has 3 amide bonds. The van der Waals surface area contributed by atoms with Crippen LogP contribution in [-0.2, 0) is 4.74 Å². The van der Waals surface area contributed by atoms with Crippen LogP contribution < -0.4 is 10.6 Å². The molecule has 0 aliphatic carbocycles. The molecule has 3 rings (SSSR count). The van der Waals surface area contributed by atoms with E-state index in [-0.39, 0.29) is 11.9 Å². The van der Waals surface area contributed by atoms with Gasteiger partial charge in [-0.1, -0.05) is 18.2 Å². The van der Waals surface area contributed by atoms with Gasteiger partial charge in [0.2, 0.25) is 0 Å². The molecular formula is C19H21N3O3. The number of amides is 3. The first-order valence-electron chi connectivity index (χ1n) is 8.24. The van der Waals surface area contributed by atoms with Gasteiger partial charge in [0.25, 0.3) is 5.91 Å². The fraction of sp³-hybridized carbons (Fsp3) is 0.263. The molecule has 2 aromatic carbocycles. The zero-order valence-electron chi connectivity index (χ0n) is 14.1. The monoisotopic (exact) mass is 339 g/mol. The zero-order valence-corrected chi connectivity index (χ0v) is 14.1. The predicted molar refractivity (Wildman–Crippen MR) is 97.0 cm³/mol. The van der Waals surface area contributed by atoms with Crippen molar-refractivity contribution in [3.05, 3.63) is 59.7 Å². The van der Waals surface area contributed by atoms with Gasteiger partial charge in [-0.2, -0.15) is 0 Å². The lowest BCUT2D eigenvalue weighted by atomic mass is 10.1. The van der Waals surface area contributed by atoms with E-state index in [2.05, 4.69) is 10.6 Å². The number of urea groups is 1. The van der Waals surface area contributed by atoms with Crippen LogP contribution in [0.5, 0.6) is 0 Å². The van der Waals surface area contributed by atoms with Crippen molar-refractivity contribution < 1.29 is 14.3 Å². The molecule has 130 valence electrons. The van der Waals surface area contributed by atoms with Crippen LogP contribution in [0.1, 0.15) is 15.9 Å². The van der Waals surface area contributed by atoms with Gasteiger partial charge in [-0.25, -0.2) is 4.79 Å². The van der Waals surface area contributed by atoms with Gasteiger partial charge in [-0.05, 0) is 42.8 Å². The minimum Gasteiger partial charge on any atom is -0.378 e. The second-order valence-corrected chi connectivity index (χ2v) is 5.88. The van der Waals surface area contributed by atoms with Crippen LogP contribution >= 0.6 is 0 Å². The third kappa shape index (κ3) is 4.36. The fourth-order valence-electron chi connectivity index (χ4n) is 2.58. The number of aryl methyl sites for hydroxylation is 1. The maximum atomic E-state index is 12.3. The molecule has 0 radical (unpaired) electrons. The summed E-state index contributed by atoms with van der Waals surface area (Å²) >= 11 is 0. The summed E-state index contributed by atoms with van der Waals surface area (Å²) in [6.45, 7) is 4.24. The van der Waals surface area contributed by atoms with Crippen molar-refractivity contribution in [2.45, 2.75) is 6.92 Å². The molecule has 0 atom stereocenters. The number of anilines is 2. The van der Waals surface area contributed by atoms with E-state index in [1.54, 1.807) is 29.2 Å². The fourth-order valence-corrected chi connectivity index (χ4v) is 2.58. The van der Waals surface area contributed by atoms with Gasteiger partial charge in [0.15, 0.2) is 0 Å². The maximum absolute atomic E-state index is 12.3. The van der Waals surface area contributed by atoms with Gasteiger partial charge in [0.1, 0.15) is 0 Å². The molecule has 25 heavy (non-hydrogen) atoms. The van der Waals surface area contributed by atoms with E-state index in [1.807, 2.05) is 31.2 Å². The zero-order chi connectivity index (χ0) is 17.6. The Hall–Kier alpha value is -2.86. The summed E-state index contributed by atoms with van der Waals surface area (Å²) in [4.78, 5) is 26.2. The second kappa shape index (κ2) is 7.81. The highest BCUT2D eigenvalue weighted by Gasteiger charge is 2.16. The number of hydrogen-bond acceptors (Lipinski definition) is 3. The molecule has 2 aromatic rings. The van der Waals surface area contributed by atoms with E-state index in [1.165, 1.54) is 0 Å². The van der Waals surface area contributed by atoms with Crippen LogP contribution in [0.2, 0.25) is 0 Å². The lowest BCUT2D eigenvalue weighted by Crippen LogP contribution is -2.43. The molecule has 0 spiro atoms. The molecule has 6 nitrogen and oxygen atoms in total. The average Bonchev–Trinajstić information content (AvgIpc) is 2.65. The summed E-state index contributed by atoms with van der Waals surface area (Å²) in [5.41, 5.74) is 2.99. The summed E-state index contributed by atoms with van der Waals surface area (Å²) in [5, 5.41) is 5.73. The number of para-hydroxylation sites is 1. The highest BCUT2D eigenvalue weighted by Crippen LogP contribution is 2.16. The van der Waals surface area contributed by atoms with Crippen molar-refractivity contribution in [3.8, 4) is 0 Å². The first kappa shape index (κ1) is 17.0. The molecule has 1 aliphatic rings. The smallest absolute Gasteiger partial charge is 0.321 e. The first-order valence-corrected chi connectivity index (χ1v) is 8.24. The Morgan fingerprint density at radius 1 is 0.960 bits per heavy atom. The van der Waals surface area contributed by atoms with E-state index >= 15 is 0 Å². The molecular weight excluding hydrogens is 318 g/mol. The molecule has 2 N–H and O–H groups in total. The number of benzene rings is 2. The normalized spacial score (nSPS) is 14.0. The minimum absolute atomic E-state index is 0.152. The van der Waals surface area contributed by atoms with Crippen molar-refractivity contribution >= 4 is 23.3 Å². The number of hydrogen-bond donors (Lipinski definition) is 2. The SMILES string of the molecule is Cc1ccccc1NC(=O)c1ccc(NC(=O)N2CCOCC2)cc1. The van der Waals surface area contributed by atoms with Crippen molar-refractivity contribution in [3.63, 3.8) is 0 Å². The van der Waals surface area contributed by atoms with Gasteiger partial charge in [0.05, 0.1) is 13.2 Å². The topological polar surface area (TPSA) is 70.7 Å². The van der Waals surface area contributed by atoms with Crippen molar-refractivity contribution in [1.82, 2.24) is 4.90 Å². The third-order valence-electron chi connectivity index (χ3n) is 4.09.